The van der Waals surface area contributed by atoms with E-state index in [1.807, 2.05) is 0 Å². The zero-order chi connectivity index (χ0) is 10.6. The molecule has 0 heterocycles. The van der Waals surface area contributed by atoms with Crippen molar-refractivity contribution in [1.82, 2.24) is 0 Å². The van der Waals surface area contributed by atoms with Crippen LogP contribution in [0.25, 0.3) is 0 Å². The van der Waals surface area contributed by atoms with Gasteiger partial charge in [0.2, 0.25) is 0 Å². The van der Waals surface area contributed by atoms with E-state index in [9.17, 15) is 0 Å². The van der Waals surface area contributed by atoms with Crippen LogP contribution in [0, 0.1) is 0 Å². The molecule has 1 atom stereocenters. The third kappa shape index (κ3) is 10.1. The van der Waals surface area contributed by atoms with Gasteiger partial charge in [-0.05, 0) is 0 Å². The second kappa shape index (κ2) is 11.1. The van der Waals surface area contributed by atoms with E-state index in [1.165, 1.54) is 57.8 Å². The molecule has 0 bridgehead atoms. The fourth-order valence-electron chi connectivity index (χ4n) is 1.74. The molecule has 0 aliphatic carbocycles. The maximum absolute atomic E-state index is 5.85. The smallest absolute Gasteiger partial charge is 0.0699 e. The average molecular weight is 194 g/mol. The number of hydrogen-bond donors (Lipinski definition) is 0. The highest BCUT2D eigenvalue weighted by Crippen LogP contribution is 2.16. The van der Waals surface area contributed by atoms with Crippen LogP contribution in [-0.2, 0) is 0 Å². The summed E-state index contributed by atoms with van der Waals surface area (Å²) in [6, 6.07) is 0. The number of rotatable bonds is 10. The number of hydrogen-bond acceptors (Lipinski definition) is 0. The van der Waals surface area contributed by atoms with Crippen LogP contribution in [0.1, 0.15) is 78.1 Å². The van der Waals surface area contributed by atoms with Crippen LogP contribution in [0.15, 0.2) is 0 Å². The maximum atomic E-state index is 5.85. The van der Waals surface area contributed by atoms with Crippen LogP contribution >= 0.6 is 0 Å². The highest BCUT2D eigenvalue weighted by molar-refractivity contribution is 6.11. The Morgan fingerprint density at radius 1 is 0.786 bits per heavy atom. The van der Waals surface area contributed by atoms with Crippen molar-refractivity contribution < 1.29 is 0 Å². The Balaban J connectivity index is 2.92. The van der Waals surface area contributed by atoms with Crippen molar-refractivity contribution in [2.75, 3.05) is 0 Å². The molecule has 0 N–H and O–H groups in total. The van der Waals surface area contributed by atoms with E-state index in [2.05, 4.69) is 13.8 Å². The Bertz CT molecular complexity index is 101. The molecule has 0 aromatic rings. The SMILES string of the molecule is [B]C(CC)CCCCCCCCCC. The first-order valence-electron chi connectivity index (χ1n) is 6.56. The third-order valence-electron chi connectivity index (χ3n) is 2.95. The zero-order valence-corrected chi connectivity index (χ0v) is 10.2. The normalized spacial score (nSPS) is 13.0. The molecule has 0 saturated carbocycles. The summed E-state index contributed by atoms with van der Waals surface area (Å²) in [4.78, 5) is 0. The van der Waals surface area contributed by atoms with Crippen molar-refractivity contribution in [3.8, 4) is 0 Å². The predicted octanol–water partition coefficient (Wildman–Crippen LogP) is 4.88. The van der Waals surface area contributed by atoms with Gasteiger partial charge in [-0.1, -0.05) is 83.9 Å². The molecule has 0 aliphatic heterocycles. The van der Waals surface area contributed by atoms with E-state index in [1.54, 1.807) is 0 Å². The average Bonchev–Trinajstić information content (AvgIpc) is 2.21. The quantitative estimate of drug-likeness (QED) is 0.343. The maximum Gasteiger partial charge on any atom is 0.0699 e. The molecule has 0 spiro atoms. The van der Waals surface area contributed by atoms with Crippen LogP contribution in [0.2, 0.25) is 5.82 Å². The van der Waals surface area contributed by atoms with E-state index in [-0.39, 0.29) is 0 Å². The van der Waals surface area contributed by atoms with Crippen LogP contribution in [0.3, 0.4) is 0 Å². The third-order valence-corrected chi connectivity index (χ3v) is 2.95. The molecular formula is C13H27B. The zero-order valence-electron chi connectivity index (χ0n) is 10.2. The molecule has 0 fully saturated rings. The summed E-state index contributed by atoms with van der Waals surface area (Å²) >= 11 is 0. The second-order valence-corrected chi connectivity index (χ2v) is 4.43. The van der Waals surface area contributed by atoms with Crippen LogP contribution in [-0.4, -0.2) is 7.85 Å². The van der Waals surface area contributed by atoms with Gasteiger partial charge in [0, 0.05) is 0 Å². The summed E-state index contributed by atoms with van der Waals surface area (Å²) in [5.41, 5.74) is 0. The Morgan fingerprint density at radius 3 is 1.79 bits per heavy atom. The minimum Gasteiger partial charge on any atom is -0.0776 e. The van der Waals surface area contributed by atoms with E-state index in [0.29, 0.717) is 5.82 Å². The van der Waals surface area contributed by atoms with Gasteiger partial charge < -0.3 is 0 Å². The fourth-order valence-corrected chi connectivity index (χ4v) is 1.74. The van der Waals surface area contributed by atoms with Gasteiger partial charge in [0.1, 0.15) is 0 Å². The van der Waals surface area contributed by atoms with Gasteiger partial charge in [0.25, 0.3) is 0 Å². The molecule has 0 aliphatic rings. The fraction of sp³-hybridized carbons (Fsp3) is 1.00. The van der Waals surface area contributed by atoms with Gasteiger partial charge >= 0.3 is 0 Å². The van der Waals surface area contributed by atoms with Crippen molar-refractivity contribution in [1.29, 1.82) is 0 Å². The lowest BCUT2D eigenvalue weighted by Gasteiger charge is -2.07. The molecule has 1 heteroatoms. The predicted molar refractivity (Wildman–Crippen MR) is 67.0 cm³/mol. The Labute approximate surface area is 92.3 Å². The molecule has 0 aromatic carbocycles. The number of unbranched alkanes of at least 4 members (excludes halogenated alkanes) is 7. The molecule has 82 valence electrons. The van der Waals surface area contributed by atoms with Crippen molar-refractivity contribution in [3.63, 3.8) is 0 Å². The lowest BCUT2D eigenvalue weighted by molar-refractivity contribution is 0.554. The lowest BCUT2D eigenvalue weighted by Crippen LogP contribution is -1.90. The summed E-state index contributed by atoms with van der Waals surface area (Å²) in [7, 11) is 5.85. The molecule has 2 radical (unpaired) electrons. The van der Waals surface area contributed by atoms with Gasteiger partial charge in [-0.2, -0.15) is 0 Å². The first kappa shape index (κ1) is 14.1. The van der Waals surface area contributed by atoms with Gasteiger partial charge in [-0.25, -0.2) is 0 Å². The standard InChI is InChI=1S/C13H27B/c1-3-5-6-7-8-9-10-11-12-13(14)4-2/h13H,3-12H2,1-2H3. The van der Waals surface area contributed by atoms with Crippen molar-refractivity contribution in [2.45, 2.75) is 83.9 Å². The van der Waals surface area contributed by atoms with Crippen LogP contribution < -0.4 is 0 Å². The Morgan fingerprint density at radius 2 is 1.29 bits per heavy atom. The van der Waals surface area contributed by atoms with Gasteiger partial charge in [0.15, 0.2) is 0 Å². The molecular weight excluding hydrogens is 167 g/mol. The Kier molecular flexibility index (Phi) is 11.2. The molecule has 0 amide bonds. The van der Waals surface area contributed by atoms with Gasteiger partial charge in [-0.15, -0.1) is 0 Å². The highest BCUT2D eigenvalue weighted by Gasteiger charge is 1.97. The largest absolute Gasteiger partial charge is 0.0776 e. The van der Waals surface area contributed by atoms with Crippen molar-refractivity contribution in [3.05, 3.63) is 0 Å². The van der Waals surface area contributed by atoms with E-state index in [4.69, 9.17) is 7.85 Å². The molecule has 0 nitrogen and oxygen atoms in total. The monoisotopic (exact) mass is 194 g/mol. The van der Waals surface area contributed by atoms with Crippen LogP contribution in [0.5, 0.6) is 0 Å². The summed E-state index contributed by atoms with van der Waals surface area (Å²) in [6.07, 6.45) is 13.6. The summed E-state index contributed by atoms with van der Waals surface area (Å²) in [6.45, 7) is 4.45. The van der Waals surface area contributed by atoms with E-state index < -0.39 is 0 Å². The van der Waals surface area contributed by atoms with Gasteiger partial charge in [0.05, 0.1) is 7.85 Å². The minimum atomic E-state index is 0.454. The summed E-state index contributed by atoms with van der Waals surface area (Å²) in [5.74, 6) is 0.454. The van der Waals surface area contributed by atoms with Gasteiger partial charge in [-0.3, -0.25) is 0 Å². The summed E-state index contributed by atoms with van der Waals surface area (Å²) in [5, 5.41) is 0. The summed E-state index contributed by atoms with van der Waals surface area (Å²) < 4.78 is 0. The molecule has 0 saturated heterocycles. The first-order chi connectivity index (χ1) is 6.81. The molecule has 14 heavy (non-hydrogen) atoms. The van der Waals surface area contributed by atoms with Crippen molar-refractivity contribution in [2.24, 2.45) is 0 Å². The highest BCUT2D eigenvalue weighted by atomic mass is 14.0. The second-order valence-electron chi connectivity index (χ2n) is 4.43. The topological polar surface area (TPSA) is 0 Å². The Hall–Kier alpha value is 0.0649. The lowest BCUT2D eigenvalue weighted by atomic mass is 9.81. The van der Waals surface area contributed by atoms with E-state index >= 15 is 0 Å². The minimum absolute atomic E-state index is 0.454. The first-order valence-corrected chi connectivity index (χ1v) is 6.56. The molecule has 1 unspecified atom stereocenters. The van der Waals surface area contributed by atoms with Crippen molar-refractivity contribution >= 4 is 7.85 Å². The van der Waals surface area contributed by atoms with E-state index in [0.717, 1.165) is 6.42 Å². The molecule has 0 aromatic heterocycles. The molecule has 0 rings (SSSR count). The van der Waals surface area contributed by atoms with Crippen LogP contribution in [0.4, 0.5) is 0 Å².